The molecule has 1 N–H and O–H groups in total. The van der Waals surface area contributed by atoms with E-state index in [2.05, 4.69) is 17.0 Å². The Labute approximate surface area is 147 Å². The number of carboxylic acid groups (broad SMARTS) is 1. The van der Waals surface area contributed by atoms with Crippen molar-refractivity contribution in [2.75, 3.05) is 20.1 Å². The summed E-state index contributed by atoms with van der Waals surface area (Å²) in [4.78, 5) is 27.9. The summed E-state index contributed by atoms with van der Waals surface area (Å²) in [6.07, 6.45) is 0.924. The highest BCUT2D eigenvalue weighted by Gasteiger charge is 2.29. The summed E-state index contributed by atoms with van der Waals surface area (Å²) in [6, 6.07) is 16.7. The highest BCUT2D eigenvalue weighted by molar-refractivity contribution is 5.97. The second-order valence-electron chi connectivity index (χ2n) is 6.47. The Balaban J connectivity index is 1.63. The van der Waals surface area contributed by atoms with E-state index >= 15 is 0 Å². The summed E-state index contributed by atoms with van der Waals surface area (Å²) < 4.78 is 0. The van der Waals surface area contributed by atoms with Crippen LogP contribution in [-0.2, 0) is 6.54 Å². The van der Waals surface area contributed by atoms with Gasteiger partial charge in [0.05, 0.1) is 5.56 Å². The SMILES string of the molecule is CN(C(=O)c1cccc(C(=O)O)c1)C1CCN(Cc2ccccc2)C1. The molecule has 1 aliphatic rings. The first-order valence-corrected chi connectivity index (χ1v) is 8.41. The van der Waals surface area contributed by atoms with Gasteiger partial charge in [0, 0.05) is 38.3 Å². The van der Waals surface area contributed by atoms with Crippen molar-refractivity contribution < 1.29 is 14.7 Å². The molecule has 1 atom stereocenters. The summed E-state index contributed by atoms with van der Waals surface area (Å²) in [5, 5.41) is 9.08. The van der Waals surface area contributed by atoms with E-state index in [1.54, 1.807) is 24.1 Å². The number of aromatic carboxylic acids is 1. The first kappa shape index (κ1) is 17.2. The molecule has 1 saturated heterocycles. The van der Waals surface area contributed by atoms with Crippen molar-refractivity contribution >= 4 is 11.9 Å². The molecule has 2 aromatic carbocycles. The van der Waals surface area contributed by atoms with Gasteiger partial charge in [0.2, 0.25) is 0 Å². The molecule has 2 aromatic rings. The normalized spacial score (nSPS) is 17.4. The van der Waals surface area contributed by atoms with Crippen molar-refractivity contribution in [1.82, 2.24) is 9.80 Å². The Kier molecular flexibility index (Phi) is 5.14. The van der Waals surface area contributed by atoms with E-state index in [1.807, 2.05) is 18.2 Å². The lowest BCUT2D eigenvalue weighted by Gasteiger charge is -2.25. The first-order chi connectivity index (χ1) is 12.0. The molecule has 5 heteroatoms. The van der Waals surface area contributed by atoms with Crippen LogP contribution in [0.25, 0.3) is 0 Å². The lowest BCUT2D eigenvalue weighted by molar-refractivity contribution is 0.0697. The van der Waals surface area contributed by atoms with Crippen LogP contribution < -0.4 is 0 Å². The van der Waals surface area contributed by atoms with Gasteiger partial charge in [-0.25, -0.2) is 4.79 Å². The van der Waals surface area contributed by atoms with Gasteiger partial charge >= 0.3 is 5.97 Å². The van der Waals surface area contributed by atoms with E-state index in [1.165, 1.54) is 17.7 Å². The third kappa shape index (κ3) is 4.06. The number of nitrogens with zero attached hydrogens (tertiary/aromatic N) is 2. The van der Waals surface area contributed by atoms with Gasteiger partial charge in [-0.05, 0) is 30.2 Å². The van der Waals surface area contributed by atoms with Gasteiger partial charge in [-0.15, -0.1) is 0 Å². The molecule has 0 radical (unpaired) electrons. The molecule has 0 aliphatic carbocycles. The van der Waals surface area contributed by atoms with Gasteiger partial charge in [-0.1, -0.05) is 36.4 Å². The molecule has 5 nitrogen and oxygen atoms in total. The largest absolute Gasteiger partial charge is 0.478 e. The topological polar surface area (TPSA) is 60.9 Å². The van der Waals surface area contributed by atoms with Crippen molar-refractivity contribution in [2.45, 2.75) is 19.0 Å². The molecule has 0 aromatic heterocycles. The fourth-order valence-corrected chi connectivity index (χ4v) is 3.27. The highest BCUT2D eigenvalue weighted by Crippen LogP contribution is 2.19. The Morgan fingerprint density at radius 1 is 1.12 bits per heavy atom. The average Bonchev–Trinajstić information content (AvgIpc) is 3.10. The smallest absolute Gasteiger partial charge is 0.335 e. The quantitative estimate of drug-likeness (QED) is 0.911. The predicted octanol–water partition coefficient (Wildman–Crippen LogP) is 2.73. The van der Waals surface area contributed by atoms with Gasteiger partial charge in [0.1, 0.15) is 0 Å². The predicted molar refractivity (Wildman–Crippen MR) is 95.6 cm³/mol. The zero-order chi connectivity index (χ0) is 17.8. The highest BCUT2D eigenvalue weighted by atomic mass is 16.4. The van der Waals surface area contributed by atoms with Crippen LogP contribution in [-0.4, -0.2) is 53.0 Å². The van der Waals surface area contributed by atoms with Crippen LogP contribution in [0.2, 0.25) is 0 Å². The van der Waals surface area contributed by atoms with Gasteiger partial charge < -0.3 is 10.0 Å². The maximum absolute atomic E-state index is 12.7. The van der Waals surface area contributed by atoms with Crippen LogP contribution in [0.5, 0.6) is 0 Å². The zero-order valence-corrected chi connectivity index (χ0v) is 14.3. The van der Waals surface area contributed by atoms with E-state index < -0.39 is 5.97 Å². The van der Waals surface area contributed by atoms with Crippen molar-refractivity contribution in [2.24, 2.45) is 0 Å². The molecule has 1 heterocycles. The van der Waals surface area contributed by atoms with Gasteiger partial charge in [0.15, 0.2) is 0 Å². The molecule has 0 bridgehead atoms. The lowest BCUT2D eigenvalue weighted by atomic mass is 10.1. The second-order valence-corrected chi connectivity index (χ2v) is 6.47. The Morgan fingerprint density at radius 3 is 2.56 bits per heavy atom. The maximum Gasteiger partial charge on any atom is 0.335 e. The number of hydrogen-bond acceptors (Lipinski definition) is 3. The van der Waals surface area contributed by atoms with E-state index in [0.29, 0.717) is 5.56 Å². The number of benzene rings is 2. The summed E-state index contributed by atoms with van der Waals surface area (Å²) >= 11 is 0. The first-order valence-electron chi connectivity index (χ1n) is 8.41. The van der Waals surface area contributed by atoms with Crippen molar-refractivity contribution in [3.63, 3.8) is 0 Å². The van der Waals surface area contributed by atoms with Crippen LogP contribution in [0.1, 0.15) is 32.7 Å². The monoisotopic (exact) mass is 338 g/mol. The molecule has 1 fully saturated rings. The third-order valence-electron chi connectivity index (χ3n) is 4.72. The van der Waals surface area contributed by atoms with Crippen molar-refractivity contribution in [3.05, 3.63) is 71.3 Å². The molecule has 0 saturated carbocycles. The Bertz CT molecular complexity index is 761. The average molecular weight is 338 g/mol. The Hall–Kier alpha value is -2.66. The number of hydrogen-bond donors (Lipinski definition) is 1. The summed E-state index contributed by atoms with van der Waals surface area (Å²) in [6.45, 7) is 2.66. The van der Waals surface area contributed by atoms with Crippen molar-refractivity contribution in [1.29, 1.82) is 0 Å². The number of carboxylic acids is 1. The second kappa shape index (κ2) is 7.49. The van der Waals surface area contributed by atoms with E-state index in [4.69, 9.17) is 5.11 Å². The van der Waals surface area contributed by atoms with E-state index in [-0.39, 0.29) is 17.5 Å². The fourth-order valence-electron chi connectivity index (χ4n) is 3.27. The summed E-state index contributed by atoms with van der Waals surface area (Å²) in [7, 11) is 1.80. The molecule has 1 aliphatic heterocycles. The van der Waals surface area contributed by atoms with Crippen LogP contribution in [0, 0.1) is 0 Å². The minimum absolute atomic E-state index is 0.130. The van der Waals surface area contributed by atoms with Gasteiger partial charge in [-0.3, -0.25) is 9.69 Å². The number of likely N-dealkylation sites (tertiary alicyclic amines) is 1. The van der Waals surface area contributed by atoms with Crippen LogP contribution >= 0.6 is 0 Å². The van der Waals surface area contributed by atoms with Crippen LogP contribution in [0.3, 0.4) is 0 Å². The molecule has 3 rings (SSSR count). The Morgan fingerprint density at radius 2 is 1.84 bits per heavy atom. The number of amides is 1. The third-order valence-corrected chi connectivity index (χ3v) is 4.72. The molecular weight excluding hydrogens is 316 g/mol. The summed E-state index contributed by atoms with van der Waals surface area (Å²) in [5.74, 6) is -1.15. The molecule has 130 valence electrons. The molecule has 1 amide bonds. The molecular formula is C20H22N2O3. The number of likely N-dealkylation sites (N-methyl/N-ethyl adjacent to an activating group) is 1. The standard InChI is InChI=1S/C20H22N2O3/c1-21(19(23)16-8-5-9-17(12-16)20(24)25)18-10-11-22(14-18)13-15-6-3-2-4-7-15/h2-9,12,18H,10-11,13-14H2,1H3,(H,24,25). The van der Waals surface area contributed by atoms with Crippen molar-refractivity contribution in [3.8, 4) is 0 Å². The number of carbonyl (C=O) groups is 2. The van der Waals surface area contributed by atoms with E-state index in [9.17, 15) is 9.59 Å². The van der Waals surface area contributed by atoms with Gasteiger partial charge in [0.25, 0.3) is 5.91 Å². The number of rotatable bonds is 5. The minimum Gasteiger partial charge on any atom is -0.478 e. The summed E-state index contributed by atoms with van der Waals surface area (Å²) in [5.41, 5.74) is 1.83. The fraction of sp³-hybridized carbons (Fsp3) is 0.300. The lowest BCUT2D eigenvalue weighted by Crippen LogP contribution is -2.39. The van der Waals surface area contributed by atoms with Crippen LogP contribution in [0.4, 0.5) is 0 Å². The van der Waals surface area contributed by atoms with E-state index in [0.717, 1.165) is 26.1 Å². The van der Waals surface area contributed by atoms with Gasteiger partial charge in [-0.2, -0.15) is 0 Å². The minimum atomic E-state index is -1.02. The molecule has 25 heavy (non-hydrogen) atoms. The molecule has 1 unspecified atom stereocenters. The molecule has 0 spiro atoms. The zero-order valence-electron chi connectivity index (χ0n) is 14.3. The maximum atomic E-state index is 12.7. The number of carbonyl (C=O) groups excluding carboxylic acids is 1. The van der Waals surface area contributed by atoms with Crippen LogP contribution in [0.15, 0.2) is 54.6 Å².